The number of alkyl halides is 3. The average molecular weight is 379 g/mol. The molecule has 0 aliphatic heterocycles. The SMILES string of the molecule is Fc1ccc(/C=C/c2nc(SCc3cccc(C(F)(F)F)c3)n[nH]2)cc1. The zero-order valence-electron chi connectivity index (χ0n) is 13.3. The van der Waals surface area contributed by atoms with Gasteiger partial charge in [0.2, 0.25) is 5.16 Å². The van der Waals surface area contributed by atoms with Gasteiger partial charge >= 0.3 is 6.18 Å². The Labute approximate surface area is 151 Å². The molecule has 0 fully saturated rings. The van der Waals surface area contributed by atoms with Crippen molar-refractivity contribution in [2.75, 3.05) is 0 Å². The average Bonchev–Trinajstić information content (AvgIpc) is 3.07. The fourth-order valence-electron chi connectivity index (χ4n) is 2.13. The molecule has 26 heavy (non-hydrogen) atoms. The van der Waals surface area contributed by atoms with Crippen LogP contribution in [0.5, 0.6) is 0 Å². The Morgan fingerprint density at radius 1 is 1.04 bits per heavy atom. The van der Waals surface area contributed by atoms with Crippen LogP contribution in [0.2, 0.25) is 0 Å². The highest BCUT2D eigenvalue weighted by atomic mass is 32.2. The second-order valence-corrected chi connectivity index (χ2v) is 6.32. The molecule has 0 atom stereocenters. The van der Waals surface area contributed by atoms with Gasteiger partial charge in [-0.2, -0.15) is 13.2 Å². The van der Waals surface area contributed by atoms with Crippen LogP contribution in [0.25, 0.3) is 12.2 Å². The fraction of sp³-hybridized carbons (Fsp3) is 0.111. The van der Waals surface area contributed by atoms with E-state index in [1.54, 1.807) is 30.4 Å². The molecule has 0 saturated carbocycles. The molecule has 0 spiro atoms. The molecular formula is C18H13F4N3S. The molecule has 0 unspecified atom stereocenters. The molecule has 0 amide bonds. The number of nitrogens with zero attached hydrogens (tertiary/aromatic N) is 2. The predicted octanol–water partition coefficient (Wildman–Crippen LogP) is 5.43. The second-order valence-electron chi connectivity index (χ2n) is 5.37. The highest BCUT2D eigenvalue weighted by molar-refractivity contribution is 7.98. The first-order valence-corrected chi connectivity index (χ1v) is 8.54. The fourth-order valence-corrected chi connectivity index (χ4v) is 2.88. The van der Waals surface area contributed by atoms with Crippen molar-refractivity contribution < 1.29 is 17.6 Å². The summed E-state index contributed by atoms with van der Waals surface area (Å²) in [5, 5.41) is 7.19. The maximum absolute atomic E-state index is 12.9. The number of hydrogen-bond acceptors (Lipinski definition) is 3. The van der Waals surface area contributed by atoms with E-state index < -0.39 is 11.7 Å². The Bertz CT molecular complexity index is 901. The van der Waals surface area contributed by atoms with Crippen molar-refractivity contribution in [2.45, 2.75) is 17.1 Å². The van der Waals surface area contributed by atoms with Crippen LogP contribution < -0.4 is 0 Å². The third kappa shape index (κ3) is 4.95. The molecule has 134 valence electrons. The minimum absolute atomic E-state index is 0.310. The van der Waals surface area contributed by atoms with Gasteiger partial charge in [0.25, 0.3) is 0 Å². The maximum atomic E-state index is 12.9. The Morgan fingerprint density at radius 3 is 2.54 bits per heavy atom. The van der Waals surface area contributed by atoms with Gasteiger partial charge in [-0.1, -0.05) is 48.2 Å². The zero-order valence-corrected chi connectivity index (χ0v) is 14.1. The van der Waals surface area contributed by atoms with E-state index in [2.05, 4.69) is 15.2 Å². The van der Waals surface area contributed by atoms with Gasteiger partial charge in [-0.3, -0.25) is 5.10 Å². The highest BCUT2D eigenvalue weighted by Crippen LogP contribution is 2.30. The van der Waals surface area contributed by atoms with Gasteiger partial charge in [-0.05, 0) is 35.4 Å². The van der Waals surface area contributed by atoms with Crippen LogP contribution in [0, 0.1) is 5.82 Å². The van der Waals surface area contributed by atoms with Crippen LogP contribution in [-0.2, 0) is 11.9 Å². The van der Waals surface area contributed by atoms with Crippen molar-refractivity contribution >= 4 is 23.9 Å². The minimum atomic E-state index is -4.36. The summed E-state index contributed by atoms with van der Waals surface area (Å²) in [6.45, 7) is 0. The molecule has 3 rings (SSSR count). The van der Waals surface area contributed by atoms with Crippen LogP contribution in [0.3, 0.4) is 0 Å². The van der Waals surface area contributed by atoms with Crippen molar-refractivity contribution in [3.63, 3.8) is 0 Å². The number of benzene rings is 2. The lowest BCUT2D eigenvalue weighted by atomic mass is 10.1. The number of rotatable bonds is 5. The van der Waals surface area contributed by atoms with Gasteiger partial charge < -0.3 is 0 Å². The molecule has 1 N–H and O–H groups in total. The number of hydrogen-bond donors (Lipinski definition) is 1. The van der Waals surface area contributed by atoms with Crippen molar-refractivity contribution in [1.29, 1.82) is 0 Å². The number of H-pyrrole nitrogens is 1. The van der Waals surface area contributed by atoms with E-state index >= 15 is 0 Å². The number of halogens is 4. The van der Waals surface area contributed by atoms with Gasteiger partial charge in [0.05, 0.1) is 5.56 Å². The number of aromatic amines is 1. The Kier molecular flexibility index (Phi) is 5.41. The summed E-state index contributed by atoms with van der Waals surface area (Å²) in [7, 11) is 0. The Balaban J connectivity index is 1.61. The van der Waals surface area contributed by atoms with Crippen LogP contribution in [0.15, 0.2) is 53.7 Å². The molecule has 8 heteroatoms. The minimum Gasteiger partial charge on any atom is -0.259 e. The van der Waals surface area contributed by atoms with Gasteiger partial charge in [0.1, 0.15) is 11.6 Å². The topological polar surface area (TPSA) is 41.6 Å². The molecule has 0 aliphatic carbocycles. The maximum Gasteiger partial charge on any atom is 0.416 e. The van der Waals surface area contributed by atoms with Crippen LogP contribution in [0.1, 0.15) is 22.5 Å². The van der Waals surface area contributed by atoms with E-state index in [9.17, 15) is 17.6 Å². The van der Waals surface area contributed by atoms with Crippen molar-refractivity contribution in [3.05, 3.63) is 76.9 Å². The van der Waals surface area contributed by atoms with Crippen molar-refractivity contribution in [2.24, 2.45) is 0 Å². The van der Waals surface area contributed by atoms with Gasteiger partial charge in [0.15, 0.2) is 0 Å². The first-order valence-electron chi connectivity index (χ1n) is 7.55. The zero-order chi connectivity index (χ0) is 18.6. The summed E-state index contributed by atoms with van der Waals surface area (Å²) in [6, 6.07) is 11.1. The first kappa shape index (κ1) is 18.2. The number of thioether (sulfide) groups is 1. The molecule has 0 bridgehead atoms. The quantitative estimate of drug-likeness (QED) is 0.475. The van der Waals surface area contributed by atoms with E-state index in [1.165, 1.54) is 30.0 Å². The molecule has 1 heterocycles. The summed E-state index contributed by atoms with van der Waals surface area (Å²) in [5.74, 6) is 0.513. The van der Waals surface area contributed by atoms with E-state index in [0.717, 1.165) is 17.7 Å². The van der Waals surface area contributed by atoms with Gasteiger partial charge in [0, 0.05) is 5.75 Å². The summed E-state index contributed by atoms with van der Waals surface area (Å²) in [4.78, 5) is 4.24. The largest absolute Gasteiger partial charge is 0.416 e. The summed E-state index contributed by atoms with van der Waals surface area (Å²) < 4.78 is 51.0. The molecule has 3 aromatic rings. The molecule has 1 aromatic heterocycles. The molecule has 2 aromatic carbocycles. The van der Waals surface area contributed by atoms with Crippen molar-refractivity contribution in [1.82, 2.24) is 15.2 Å². The van der Waals surface area contributed by atoms with Gasteiger partial charge in [-0.15, -0.1) is 5.10 Å². The lowest BCUT2D eigenvalue weighted by Gasteiger charge is -2.07. The number of aromatic nitrogens is 3. The van der Waals surface area contributed by atoms with Crippen LogP contribution >= 0.6 is 11.8 Å². The third-order valence-electron chi connectivity index (χ3n) is 3.41. The smallest absolute Gasteiger partial charge is 0.259 e. The van der Waals surface area contributed by atoms with Crippen molar-refractivity contribution in [3.8, 4) is 0 Å². The Hall–Kier alpha value is -2.61. The summed E-state index contributed by atoms with van der Waals surface area (Å²) >= 11 is 1.23. The van der Waals surface area contributed by atoms with E-state index in [1.807, 2.05) is 0 Å². The van der Waals surface area contributed by atoms with Gasteiger partial charge in [-0.25, -0.2) is 9.37 Å². The molecule has 0 saturated heterocycles. The molecule has 0 aliphatic rings. The molecular weight excluding hydrogens is 366 g/mol. The van der Waals surface area contributed by atoms with Crippen LogP contribution in [-0.4, -0.2) is 15.2 Å². The predicted molar refractivity (Wildman–Crippen MR) is 92.7 cm³/mol. The van der Waals surface area contributed by atoms with E-state index in [-0.39, 0.29) is 5.82 Å². The van der Waals surface area contributed by atoms with E-state index in [0.29, 0.717) is 22.3 Å². The molecule has 0 radical (unpaired) electrons. The normalized spacial score (nSPS) is 12.0. The Morgan fingerprint density at radius 2 is 1.81 bits per heavy atom. The standard InChI is InChI=1S/C18H13F4N3S/c19-15-7-4-12(5-8-15)6-9-16-23-17(25-24-16)26-11-13-2-1-3-14(10-13)18(20,21)22/h1-10H,11H2,(H,23,24,25)/b9-6+. The second kappa shape index (κ2) is 7.74. The highest BCUT2D eigenvalue weighted by Gasteiger charge is 2.30. The first-order chi connectivity index (χ1) is 12.4. The summed E-state index contributed by atoms with van der Waals surface area (Å²) in [5.41, 5.74) is 0.674. The third-order valence-corrected chi connectivity index (χ3v) is 4.33. The summed E-state index contributed by atoms with van der Waals surface area (Å²) in [6.07, 6.45) is -0.917. The monoisotopic (exact) mass is 379 g/mol. The lowest BCUT2D eigenvalue weighted by Crippen LogP contribution is -2.04. The molecule has 3 nitrogen and oxygen atoms in total. The van der Waals surface area contributed by atoms with E-state index in [4.69, 9.17) is 0 Å². The van der Waals surface area contributed by atoms with Crippen LogP contribution in [0.4, 0.5) is 17.6 Å². The number of nitrogens with one attached hydrogen (secondary N) is 1. The lowest BCUT2D eigenvalue weighted by molar-refractivity contribution is -0.137.